The number of H-pyrrole nitrogens is 1. The number of anilines is 2. The van der Waals surface area contributed by atoms with Crippen molar-refractivity contribution in [3.05, 3.63) is 23.0 Å². The van der Waals surface area contributed by atoms with Crippen molar-refractivity contribution >= 4 is 36.2 Å². The number of aromatic nitrogens is 2. The Bertz CT molecular complexity index is 712. The predicted molar refractivity (Wildman–Crippen MR) is 116 cm³/mol. The molecule has 0 radical (unpaired) electrons. The van der Waals surface area contributed by atoms with E-state index in [4.69, 9.17) is 12.2 Å². The van der Waals surface area contributed by atoms with Crippen molar-refractivity contribution in [1.82, 2.24) is 15.3 Å². The lowest BCUT2D eigenvalue weighted by Crippen LogP contribution is -2.32. The topological polar surface area (TPSA) is 85.4 Å². The third-order valence-electron chi connectivity index (χ3n) is 3.64. The van der Waals surface area contributed by atoms with E-state index in [9.17, 15) is 4.79 Å². The summed E-state index contributed by atoms with van der Waals surface area (Å²) in [5, 5.41) is 6.34. The van der Waals surface area contributed by atoms with Crippen LogP contribution in [-0.2, 0) is 4.79 Å². The normalized spacial score (nSPS) is 12.2. The number of nitrogens with zero attached hydrogens (tertiary/aromatic N) is 3. The lowest BCUT2D eigenvalue weighted by Gasteiger charge is -2.22. The molecule has 1 amide bonds. The molecule has 0 saturated heterocycles. The summed E-state index contributed by atoms with van der Waals surface area (Å²) in [4.78, 5) is 25.6. The fourth-order valence-electron chi connectivity index (χ4n) is 2.47. The van der Waals surface area contributed by atoms with Gasteiger partial charge in [0.25, 0.3) is 0 Å². The summed E-state index contributed by atoms with van der Waals surface area (Å²) in [5.74, 6) is 1.80. The van der Waals surface area contributed by atoms with Gasteiger partial charge in [0.1, 0.15) is 10.5 Å². The molecule has 7 nitrogen and oxygen atoms in total. The van der Waals surface area contributed by atoms with Gasteiger partial charge in [0.05, 0.1) is 6.34 Å². The van der Waals surface area contributed by atoms with Crippen LogP contribution < -0.4 is 15.5 Å². The van der Waals surface area contributed by atoms with Gasteiger partial charge in [-0.3, -0.25) is 4.79 Å². The molecule has 0 aliphatic heterocycles. The van der Waals surface area contributed by atoms with Gasteiger partial charge >= 0.3 is 0 Å². The summed E-state index contributed by atoms with van der Waals surface area (Å²) >= 11 is 5.29. The second-order valence-electron chi connectivity index (χ2n) is 7.07. The lowest BCUT2D eigenvalue weighted by atomic mass is 10.0. The van der Waals surface area contributed by atoms with E-state index >= 15 is 0 Å². The molecule has 0 bridgehead atoms. The molecule has 8 heteroatoms. The van der Waals surface area contributed by atoms with Crippen molar-refractivity contribution in [2.24, 2.45) is 10.9 Å². The molecule has 1 rings (SSSR count). The van der Waals surface area contributed by atoms with Crippen LogP contribution >= 0.6 is 12.2 Å². The third kappa shape index (κ3) is 9.33. The molecule has 3 N–H and O–H groups in total. The number of hydrogen-bond acceptors (Lipinski definition) is 5. The van der Waals surface area contributed by atoms with Crippen LogP contribution in [0.3, 0.4) is 0 Å². The van der Waals surface area contributed by atoms with Gasteiger partial charge in [0.15, 0.2) is 0 Å². The highest BCUT2D eigenvalue weighted by Crippen LogP contribution is 2.16. The summed E-state index contributed by atoms with van der Waals surface area (Å²) in [7, 11) is 1.83. The van der Waals surface area contributed by atoms with Crippen molar-refractivity contribution in [1.29, 1.82) is 0 Å². The van der Waals surface area contributed by atoms with Crippen molar-refractivity contribution in [2.75, 3.05) is 23.8 Å². The number of nitrogens with one attached hydrogen (secondary N) is 3. The van der Waals surface area contributed by atoms with E-state index in [1.165, 1.54) is 0 Å². The fraction of sp³-hybridized carbons (Fsp3) is 0.579. The number of aliphatic imine (C=N–C) groups is 1. The molecule has 0 spiro atoms. The average Bonchev–Trinajstić information content (AvgIpc) is 2.56. The molecule has 1 aromatic heterocycles. The molecule has 1 aromatic rings. The number of hydrogen-bond donors (Lipinski definition) is 3. The Morgan fingerprint density at radius 2 is 2.22 bits per heavy atom. The monoisotopic (exact) mass is 392 g/mol. The van der Waals surface area contributed by atoms with Gasteiger partial charge in [-0.15, -0.1) is 0 Å². The second-order valence-corrected chi connectivity index (χ2v) is 7.49. The van der Waals surface area contributed by atoms with Crippen LogP contribution in [0.1, 0.15) is 47.0 Å². The van der Waals surface area contributed by atoms with E-state index in [-0.39, 0.29) is 11.9 Å². The number of rotatable bonds is 11. The minimum Gasteiger partial charge on any atom is -0.368 e. The van der Waals surface area contributed by atoms with Gasteiger partial charge in [-0.2, -0.15) is 0 Å². The van der Waals surface area contributed by atoms with Crippen LogP contribution in [0, 0.1) is 10.6 Å². The molecule has 0 unspecified atom stereocenters. The Labute approximate surface area is 167 Å². The zero-order valence-corrected chi connectivity index (χ0v) is 17.8. The zero-order chi connectivity index (χ0) is 20.4. The maximum atomic E-state index is 12.1. The quantitative estimate of drug-likeness (QED) is 0.302. The summed E-state index contributed by atoms with van der Waals surface area (Å²) < 4.78 is 0.459. The molecule has 0 aliphatic rings. The van der Waals surface area contributed by atoms with Gasteiger partial charge in [0, 0.05) is 37.8 Å². The number of allylic oxidation sites excluding steroid dienone is 1. The third-order valence-corrected chi connectivity index (χ3v) is 3.84. The maximum absolute atomic E-state index is 12.1. The van der Waals surface area contributed by atoms with Crippen LogP contribution in [0.4, 0.5) is 11.8 Å². The Kier molecular flexibility index (Phi) is 9.71. The first-order valence-electron chi connectivity index (χ1n) is 9.28. The Morgan fingerprint density at radius 3 is 2.81 bits per heavy atom. The molecule has 1 atom stereocenters. The average molecular weight is 393 g/mol. The van der Waals surface area contributed by atoms with Gasteiger partial charge in [-0.1, -0.05) is 39.6 Å². The molecule has 0 saturated carbocycles. The van der Waals surface area contributed by atoms with Gasteiger partial charge in [-0.25, -0.2) is 9.98 Å². The highest BCUT2D eigenvalue weighted by Gasteiger charge is 2.16. The number of aromatic amines is 1. The Hall–Kier alpha value is -2.22. The van der Waals surface area contributed by atoms with Crippen LogP contribution in [0.15, 0.2) is 23.3 Å². The van der Waals surface area contributed by atoms with Gasteiger partial charge in [0.2, 0.25) is 11.9 Å². The SMILES string of the molecule is C=C(C)N=CN(C)c1nc(=S)cc(N[C@H](CC(=O)NCCC)CC(C)C)[nH]1. The molecular formula is C19H32N6OS. The highest BCUT2D eigenvalue weighted by molar-refractivity contribution is 7.71. The van der Waals surface area contributed by atoms with Crippen LogP contribution in [0.25, 0.3) is 0 Å². The van der Waals surface area contributed by atoms with E-state index in [2.05, 4.69) is 46.0 Å². The fourth-order valence-corrected chi connectivity index (χ4v) is 2.68. The largest absolute Gasteiger partial charge is 0.368 e. The van der Waals surface area contributed by atoms with Crippen LogP contribution in [0.5, 0.6) is 0 Å². The van der Waals surface area contributed by atoms with Crippen molar-refractivity contribution < 1.29 is 4.79 Å². The van der Waals surface area contributed by atoms with E-state index in [0.717, 1.165) is 18.7 Å². The summed E-state index contributed by atoms with van der Waals surface area (Å²) in [6, 6.07) is 1.76. The van der Waals surface area contributed by atoms with E-state index in [1.807, 2.05) is 20.9 Å². The molecular weight excluding hydrogens is 360 g/mol. The van der Waals surface area contributed by atoms with Gasteiger partial charge in [-0.05, 0) is 25.7 Å². The molecule has 1 heterocycles. The maximum Gasteiger partial charge on any atom is 0.222 e. The molecule has 27 heavy (non-hydrogen) atoms. The highest BCUT2D eigenvalue weighted by atomic mass is 32.1. The minimum absolute atomic E-state index is 0.00264. The van der Waals surface area contributed by atoms with Gasteiger partial charge < -0.3 is 20.5 Å². The Morgan fingerprint density at radius 1 is 1.52 bits per heavy atom. The summed E-state index contributed by atoms with van der Waals surface area (Å²) in [6.07, 6.45) is 3.82. The van der Waals surface area contributed by atoms with Crippen molar-refractivity contribution in [3.8, 4) is 0 Å². The van der Waals surface area contributed by atoms with Crippen LogP contribution in [-0.4, -0.2) is 41.8 Å². The lowest BCUT2D eigenvalue weighted by molar-refractivity contribution is -0.121. The first kappa shape index (κ1) is 22.8. The van der Waals surface area contributed by atoms with E-state index in [0.29, 0.717) is 35.2 Å². The first-order valence-corrected chi connectivity index (χ1v) is 9.69. The number of carbonyl (C=O) groups is 1. The summed E-state index contributed by atoms with van der Waals surface area (Å²) in [6.45, 7) is 12.6. The molecule has 0 fully saturated rings. The minimum atomic E-state index is -0.00264. The first-order chi connectivity index (χ1) is 12.7. The smallest absolute Gasteiger partial charge is 0.222 e. The standard InChI is InChI=1S/C19H32N6OS/c1-7-8-20-17(26)10-15(9-13(2)3)22-16-11-18(27)24-19(23-16)25(6)12-21-14(4)5/h11-13,15H,4,7-10H2,1-3,5-6H3,(H,20,26)(H2,22,23,24,27)/t15-/m0/s1. The van der Waals surface area contributed by atoms with Crippen LogP contribution in [0.2, 0.25) is 0 Å². The van der Waals surface area contributed by atoms with E-state index in [1.54, 1.807) is 17.3 Å². The summed E-state index contributed by atoms with van der Waals surface area (Å²) in [5.41, 5.74) is 0.699. The second kappa shape index (κ2) is 11.5. The Balaban J connectivity index is 2.95. The molecule has 0 aliphatic carbocycles. The van der Waals surface area contributed by atoms with Crippen molar-refractivity contribution in [3.63, 3.8) is 0 Å². The zero-order valence-electron chi connectivity index (χ0n) is 17.0. The molecule has 0 aromatic carbocycles. The number of carbonyl (C=O) groups excluding carboxylic acids is 1. The predicted octanol–water partition coefficient (Wildman–Crippen LogP) is 3.88. The number of amides is 1. The van der Waals surface area contributed by atoms with E-state index < -0.39 is 0 Å². The molecule has 150 valence electrons. The van der Waals surface area contributed by atoms with Crippen molar-refractivity contribution in [2.45, 2.75) is 53.0 Å².